The van der Waals surface area contributed by atoms with Crippen molar-refractivity contribution in [3.8, 4) is 0 Å². The van der Waals surface area contributed by atoms with Crippen molar-refractivity contribution < 1.29 is 19.8 Å². The predicted molar refractivity (Wildman–Crippen MR) is 68.1 cm³/mol. The van der Waals surface area contributed by atoms with Crippen LogP contribution in [0.15, 0.2) is 0 Å². The highest BCUT2D eigenvalue weighted by Gasteiger charge is 2.10. The lowest BCUT2D eigenvalue weighted by atomic mass is 10.1. The van der Waals surface area contributed by atoms with Gasteiger partial charge in [0.15, 0.2) is 0 Å². The molecule has 0 atom stereocenters. The maximum Gasteiger partial charge on any atom is 0.306 e. The van der Waals surface area contributed by atoms with Gasteiger partial charge in [0.25, 0.3) is 0 Å². The molecule has 0 aromatic heterocycles. The van der Waals surface area contributed by atoms with E-state index in [1.165, 1.54) is 6.42 Å². The van der Waals surface area contributed by atoms with E-state index in [1.807, 2.05) is 13.8 Å². The van der Waals surface area contributed by atoms with Gasteiger partial charge in [0.1, 0.15) is 0 Å². The van der Waals surface area contributed by atoms with Crippen molar-refractivity contribution in [2.75, 3.05) is 0 Å². The van der Waals surface area contributed by atoms with Gasteiger partial charge in [-0.15, -0.1) is 0 Å². The van der Waals surface area contributed by atoms with Gasteiger partial charge >= 0.3 is 11.9 Å². The van der Waals surface area contributed by atoms with Crippen LogP contribution in [0.25, 0.3) is 0 Å². The summed E-state index contributed by atoms with van der Waals surface area (Å²) in [4.78, 5) is 20.1. The molecular weight excluding hydrogens is 220 g/mol. The SMILES string of the molecule is CCC(CC)C(=O)O.CCCCCCC(=O)O. The van der Waals surface area contributed by atoms with Gasteiger partial charge in [-0.2, -0.15) is 0 Å². The first-order chi connectivity index (χ1) is 7.99. The molecule has 0 heterocycles. The number of hydrogen-bond donors (Lipinski definition) is 2. The number of carboxylic acid groups (broad SMARTS) is 2. The summed E-state index contributed by atoms with van der Waals surface area (Å²) < 4.78 is 0. The van der Waals surface area contributed by atoms with Crippen LogP contribution in [-0.4, -0.2) is 22.2 Å². The van der Waals surface area contributed by atoms with Crippen molar-refractivity contribution in [3.63, 3.8) is 0 Å². The molecule has 0 aliphatic heterocycles. The molecule has 0 unspecified atom stereocenters. The standard InChI is InChI=1S/C7H14O2.C6H12O2/c1-2-3-4-5-6-7(8)9;1-3-5(4-2)6(7)8/h2-6H2,1H3,(H,8,9);5H,3-4H2,1-2H3,(H,7,8). The van der Waals surface area contributed by atoms with Crippen LogP contribution < -0.4 is 0 Å². The minimum Gasteiger partial charge on any atom is -0.481 e. The average molecular weight is 246 g/mol. The summed E-state index contributed by atoms with van der Waals surface area (Å²) in [6.07, 6.45) is 6.04. The second-order valence-corrected chi connectivity index (χ2v) is 4.06. The van der Waals surface area contributed by atoms with E-state index < -0.39 is 11.9 Å². The van der Waals surface area contributed by atoms with Crippen molar-refractivity contribution in [2.45, 2.75) is 65.7 Å². The summed E-state index contributed by atoms with van der Waals surface area (Å²) in [6, 6.07) is 0. The van der Waals surface area contributed by atoms with Gasteiger partial charge in [-0.3, -0.25) is 9.59 Å². The van der Waals surface area contributed by atoms with Crippen molar-refractivity contribution >= 4 is 11.9 Å². The number of carboxylic acids is 2. The third kappa shape index (κ3) is 14.9. The van der Waals surface area contributed by atoms with Crippen LogP contribution in [0.3, 0.4) is 0 Å². The summed E-state index contributed by atoms with van der Waals surface area (Å²) in [7, 11) is 0. The Labute approximate surface area is 104 Å². The molecule has 4 heteroatoms. The Kier molecular flexibility index (Phi) is 14.0. The zero-order chi connectivity index (χ0) is 13.7. The largest absolute Gasteiger partial charge is 0.481 e. The summed E-state index contributed by atoms with van der Waals surface area (Å²) >= 11 is 0. The molecule has 4 nitrogen and oxygen atoms in total. The summed E-state index contributed by atoms with van der Waals surface area (Å²) in [5.41, 5.74) is 0. The summed E-state index contributed by atoms with van der Waals surface area (Å²) in [6.45, 7) is 5.89. The minimum atomic E-state index is -0.675. The van der Waals surface area contributed by atoms with Gasteiger partial charge in [0.05, 0.1) is 5.92 Å². The first-order valence-corrected chi connectivity index (χ1v) is 6.44. The zero-order valence-electron chi connectivity index (χ0n) is 11.2. The van der Waals surface area contributed by atoms with Crippen LogP contribution in [0.4, 0.5) is 0 Å². The van der Waals surface area contributed by atoms with Crippen LogP contribution in [0.2, 0.25) is 0 Å². The Morgan fingerprint density at radius 3 is 1.71 bits per heavy atom. The third-order valence-corrected chi connectivity index (χ3v) is 2.58. The molecule has 0 fully saturated rings. The highest BCUT2D eigenvalue weighted by Crippen LogP contribution is 2.05. The molecular formula is C13H26O4. The molecule has 0 bridgehead atoms. The van der Waals surface area contributed by atoms with E-state index in [4.69, 9.17) is 10.2 Å². The Morgan fingerprint density at radius 2 is 1.47 bits per heavy atom. The number of carbonyl (C=O) groups is 2. The topological polar surface area (TPSA) is 74.6 Å². The molecule has 0 radical (unpaired) electrons. The highest BCUT2D eigenvalue weighted by molar-refractivity contribution is 5.69. The van der Waals surface area contributed by atoms with Crippen molar-refractivity contribution in [3.05, 3.63) is 0 Å². The van der Waals surface area contributed by atoms with E-state index in [2.05, 4.69) is 6.92 Å². The van der Waals surface area contributed by atoms with E-state index in [-0.39, 0.29) is 5.92 Å². The molecule has 0 amide bonds. The van der Waals surface area contributed by atoms with Crippen LogP contribution >= 0.6 is 0 Å². The van der Waals surface area contributed by atoms with Gasteiger partial charge in [0.2, 0.25) is 0 Å². The maximum atomic E-state index is 10.2. The fourth-order valence-corrected chi connectivity index (χ4v) is 1.34. The number of aliphatic carboxylic acids is 2. The summed E-state index contributed by atoms with van der Waals surface area (Å²) in [5.74, 6) is -1.48. The van der Waals surface area contributed by atoms with Gasteiger partial charge in [-0.05, 0) is 19.3 Å². The van der Waals surface area contributed by atoms with E-state index in [1.54, 1.807) is 0 Å². The van der Waals surface area contributed by atoms with E-state index in [0.29, 0.717) is 6.42 Å². The Morgan fingerprint density at radius 1 is 0.941 bits per heavy atom. The molecule has 0 aliphatic carbocycles. The van der Waals surface area contributed by atoms with Crippen LogP contribution in [0.5, 0.6) is 0 Å². The fourth-order valence-electron chi connectivity index (χ4n) is 1.34. The monoisotopic (exact) mass is 246 g/mol. The lowest BCUT2D eigenvalue weighted by molar-refractivity contribution is -0.142. The van der Waals surface area contributed by atoms with Gasteiger partial charge in [-0.25, -0.2) is 0 Å². The molecule has 0 spiro atoms. The maximum absolute atomic E-state index is 10.2. The van der Waals surface area contributed by atoms with Gasteiger partial charge in [0, 0.05) is 6.42 Å². The second kappa shape index (κ2) is 13.0. The highest BCUT2D eigenvalue weighted by atomic mass is 16.4. The van der Waals surface area contributed by atoms with Crippen molar-refractivity contribution in [1.82, 2.24) is 0 Å². The smallest absolute Gasteiger partial charge is 0.306 e. The second-order valence-electron chi connectivity index (χ2n) is 4.06. The van der Waals surface area contributed by atoms with Gasteiger partial charge in [-0.1, -0.05) is 40.0 Å². The lowest BCUT2D eigenvalue weighted by Gasteiger charge is -2.02. The average Bonchev–Trinajstić information content (AvgIpc) is 2.26. The van der Waals surface area contributed by atoms with E-state index in [0.717, 1.165) is 32.1 Å². The van der Waals surface area contributed by atoms with E-state index >= 15 is 0 Å². The molecule has 17 heavy (non-hydrogen) atoms. The predicted octanol–water partition coefficient (Wildman–Crippen LogP) is 3.55. The first-order valence-electron chi connectivity index (χ1n) is 6.44. The van der Waals surface area contributed by atoms with Crippen LogP contribution in [0.1, 0.15) is 65.7 Å². The van der Waals surface area contributed by atoms with Gasteiger partial charge < -0.3 is 10.2 Å². The molecule has 0 saturated heterocycles. The normalized spacial score (nSPS) is 9.65. The van der Waals surface area contributed by atoms with Crippen LogP contribution in [0, 0.1) is 5.92 Å². The van der Waals surface area contributed by atoms with Crippen LogP contribution in [-0.2, 0) is 9.59 Å². The number of rotatable bonds is 8. The molecule has 0 aliphatic rings. The molecule has 2 N–H and O–H groups in total. The number of hydrogen-bond acceptors (Lipinski definition) is 2. The Bertz CT molecular complexity index is 198. The molecule has 102 valence electrons. The Balaban J connectivity index is 0. The quantitative estimate of drug-likeness (QED) is 0.642. The number of unbranched alkanes of at least 4 members (excludes halogenated alkanes) is 3. The zero-order valence-corrected chi connectivity index (χ0v) is 11.2. The Hall–Kier alpha value is -1.06. The van der Waals surface area contributed by atoms with Crippen molar-refractivity contribution in [2.24, 2.45) is 5.92 Å². The summed E-state index contributed by atoms with van der Waals surface area (Å²) in [5, 5.41) is 16.6. The van der Waals surface area contributed by atoms with Crippen molar-refractivity contribution in [1.29, 1.82) is 0 Å². The molecule has 0 rings (SSSR count). The minimum absolute atomic E-state index is 0.130. The lowest BCUT2D eigenvalue weighted by Crippen LogP contribution is -2.10. The third-order valence-electron chi connectivity index (χ3n) is 2.58. The molecule has 0 saturated carbocycles. The first kappa shape index (κ1) is 18.3. The molecule has 0 aromatic carbocycles. The fraction of sp³-hybridized carbons (Fsp3) is 0.846. The van der Waals surface area contributed by atoms with E-state index in [9.17, 15) is 9.59 Å². The molecule has 0 aromatic rings.